The van der Waals surface area contributed by atoms with Gasteiger partial charge in [0.05, 0.1) is 13.7 Å². The van der Waals surface area contributed by atoms with E-state index in [0.29, 0.717) is 26.1 Å². The Morgan fingerprint density at radius 1 is 0.889 bits per heavy atom. The smallest absolute Gasteiger partial charge is 0.245 e. The second kappa shape index (κ2) is 9.10. The number of rotatable bonds is 5. The first-order valence-electron chi connectivity index (χ1n) is 12.7. The molecule has 3 aliphatic rings. The van der Waals surface area contributed by atoms with Crippen LogP contribution in [0.2, 0.25) is 0 Å². The number of carbonyl (C=O) groups excluding carboxylic acids is 2. The Morgan fingerprint density at radius 3 is 2.17 bits per heavy atom. The number of fused-ring (bicyclic) bond motifs is 4. The number of hydrogen-bond acceptors (Lipinski definition) is 4. The van der Waals surface area contributed by atoms with Crippen molar-refractivity contribution in [2.24, 2.45) is 0 Å². The highest BCUT2D eigenvalue weighted by atomic mass is 16.5. The zero-order chi connectivity index (χ0) is 24.8. The van der Waals surface area contributed by atoms with Crippen LogP contribution in [0.1, 0.15) is 36.0 Å². The third kappa shape index (κ3) is 3.77. The van der Waals surface area contributed by atoms with Crippen LogP contribution in [0.4, 0.5) is 0 Å². The SMILES string of the molecule is COc1ccc(CN2CC3N(CC4c5ccccc5-c5ccccc54)CCC(=O)N3C(C)C2=O)cc1. The molecule has 3 aromatic carbocycles. The molecule has 2 amide bonds. The van der Waals surface area contributed by atoms with Crippen LogP contribution in [0.25, 0.3) is 11.1 Å². The molecule has 0 spiro atoms. The van der Waals surface area contributed by atoms with Gasteiger partial charge in [0.25, 0.3) is 0 Å². The van der Waals surface area contributed by atoms with Crippen LogP contribution in [0, 0.1) is 0 Å². The first-order chi connectivity index (χ1) is 17.5. The summed E-state index contributed by atoms with van der Waals surface area (Å²) in [6.45, 7) is 4.43. The zero-order valence-electron chi connectivity index (χ0n) is 20.8. The Balaban J connectivity index is 1.28. The summed E-state index contributed by atoms with van der Waals surface area (Å²) in [6, 6.07) is 24.7. The number of hydrogen-bond donors (Lipinski definition) is 0. The molecule has 0 bridgehead atoms. The third-order valence-electron chi connectivity index (χ3n) is 8.03. The molecule has 36 heavy (non-hydrogen) atoms. The van der Waals surface area contributed by atoms with E-state index in [1.807, 2.05) is 41.0 Å². The molecule has 184 valence electrons. The fourth-order valence-electron chi connectivity index (χ4n) is 6.21. The minimum absolute atomic E-state index is 0.00817. The molecule has 2 saturated heterocycles. The number of amides is 2. The monoisotopic (exact) mass is 481 g/mol. The van der Waals surface area contributed by atoms with Crippen molar-refractivity contribution in [2.75, 3.05) is 26.7 Å². The number of piperazine rings is 1. The summed E-state index contributed by atoms with van der Waals surface area (Å²) in [6.07, 6.45) is 0.319. The van der Waals surface area contributed by atoms with Crippen LogP contribution in [-0.2, 0) is 16.1 Å². The van der Waals surface area contributed by atoms with Crippen molar-refractivity contribution in [2.45, 2.75) is 38.0 Å². The van der Waals surface area contributed by atoms with Gasteiger partial charge in [-0.25, -0.2) is 0 Å². The van der Waals surface area contributed by atoms with E-state index in [4.69, 9.17) is 4.74 Å². The van der Waals surface area contributed by atoms with Crippen molar-refractivity contribution in [3.8, 4) is 16.9 Å². The van der Waals surface area contributed by atoms with E-state index in [2.05, 4.69) is 53.4 Å². The maximum atomic E-state index is 13.3. The maximum absolute atomic E-state index is 13.3. The van der Waals surface area contributed by atoms with Crippen LogP contribution in [-0.4, -0.2) is 65.5 Å². The largest absolute Gasteiger partial charge is 0.497 e. The molecule has 0 saturated carbocycles. The number of methoxy groups -OCH3 is 1. The van der Waals surface area contributed by atoms with Gasteiger partial charge < -0.3 is 14.5 Å². The average Bonchev–Trinajstić information content (AvgIpc) is 3.22. The van der Waals surface area contributed by atoms with Crippen molar-refractivity contribution < 1.29 is 14.3 Å². The molecule has 2 aliphatic heterocycles. The molecule has 6 heteroatoms. The van der Waals surface area contributed by atoms with Crippen LogP contribution in [0.5, 0.6) is 5.75 Å². The summed E-state index contributed by atoms with van der Waals surface area (Å²) in [5, 5.41) is 0. The van der Waals surface area contributed by atoms with Crippen molar-refractivity contribution in [1.82, 2.24) is 14.7 Å². The molecular formula is C30H31N3O3. The summed E-state index contributed by atoms with van der Waals surface area (Å²) in [5.41, 5.74) is 6.35. The molecule has 2 atom stereocenters. The van der Waals surface area contributed by atoms with Gasteiger partial charge in [-0.3, -0.25) is 14.5 Å². The number of ether oxygens (including phenoxy) is 1. The molecule has 6 rings (SSSR count). The van der Waals surface area contributed by atoms with Gasteiger partial charge in [0.15, 0.2) is 0 Å². The molecule has 0 N–H and O–H groups in total. The van der Waals surface area contributed by atoms with Crippen molar-refractivity contribution in [3.63, 3.8) is 0 Å². The zero-order valence-corrected chi connectivity index (χ0v) is 20.8. The highest BCUT2D eigenvalue weighted by Crippen LogP contribution is 2.45. The van der Waals surface area contributed by atoms with Gasteiger partial charge >= 0.3 is 0 Å². The van der Waals surface area contributed by atoms with Gasteiger partial charge in [-0.05, 0) is 46.9 Å². The Bertz CT molecular complexity index is 1260. The van der Waals surface area contributed by atoms with Gasteiger partial charge in [0.1, 0.15) is 18.0 Å². The summed E-state index contributed by atoms with van der Waals surface area (Å²) in [7, 11) is 1.65. The number of nitrogens with zero attached hydrogens (tertiary/aromatic N) is 3. The topological polar surface area (TPSA) is 53.1 Å². The molecule has 2 fully saturated rings. The van der Waals surface area contributed by atoms with E-state index < -0.39 is 6.04 Å². The van der Waals surface area contributed by atoms with Gasteiger partial charge in [-0.1, -0.05) is 60.7 Å². The predicted molar refractivity (Wildman–Crippen MR) is 138 cm³/mol. The lowest BCUT2D eigenvalue weighted by atomic mass is 9.94. The lowest BCUT2D eigenvalue weighted by Crippen LogP contribution is -2.69. The van der Waals surface area contributed by atoms with E-state index in [-0.39, 0.29) is 23.9 Å². The molecule has 2 unspecified atom stereocenters. The first-order valence-corrected chi connectivity index (χ1v) is 12.7. The molecule has 6 nitrogen and oxygen atoms in total. The van der Waals surface area contributed by atoms with E-state index >= 15 is 0 Å². The normalized spacial score (nSPS) is 21.8. The third-order valence-corrected chi connectivity index (χ3v) is 8.03. The average molecular weight is 482 g/mol. The van der Waals surface area contributed by atoms with Crippen molar-refractivity contribution in [3.05, 3.63) is 89.5 Å². The highest BCUT2D eigenvalue weighted by molar-refractivity contribution is 5.89. The Labute approximate surface area is 212 Å². The van der Waals surface area contributed by atoms with E-state index in [0.717, 1.165) is 17.9 Å². The van der Waals surface area contributed by atoms with Crippen LogP contribution < -0.4 is 4.74 Å². The van der Waals surface area contributed by atoms with Crippen LogP contribution in [0.3, 0.4) is 0 Å². The minimum Gasteiger partial charge on any atom is -0.497 e. The van der Waals surface area contributed by atoms with E-state index in [1.165, 1.54) is 22.3 Å². The summed E-state index contributed by atoms with van der Waals surface area (Å²) in [5.74, 6) is 1.13. The Hall–Kier alpha value is -3.64. The van der Waals surface area contributed by atoms with E-state index in [9.17, 15) is 9.59 Å². The molecule has 0 aromatic heterocycles. The molecular weight excluding hydrogens is 450 g/mol. The van der Waals surface area contributed by atoms with Gasteiger partial charge in [-0.15, -0.1) is 0 Å². The number of benzene rings is 3. The van der Waals surface area contributed by atoms with Gasteiger partial charge in [0.2, 0.25) is 11.8 Å². The van der Waals surface area contributed by atoms with Gasteiger partial charge in [0, 0.05) is 32.0 Å². The second-order valence-corrected chi connectivity index (χ2v) is 10.00. The summed E-state index contributed by atoms with van der Waals surface area (Å²) < 4.78 is 5.28. The van der Waals surface area contributed by atoms with Crippen molar-refractivity contribution >= 4 is 11.8 Å². The first kappa shape index (κ1) is 22.8. The number of carbonyl (C=O) groups is 2. The maximum Gasteiger partial charge on any atom is 0.245 e. The molecule has 0 radical (unpaired) electrons. The van der Waals surface area contributed by atoms with Crippen LogP contribution >= 0.6 is 0 Å². The van der Waals surface area contributed by atoms with Crippen LogP contribution in [0.15, 0.2) is 72.8 Å². The van der Waals surface area contributed by atoms with E-state index in [1.54, 1.807) is 7.11 Å². The quantitative estimate of drug-likeness (QED) is 0.551. The summed E-state index contributed by atoms with van der Waals surface area (Å²) >= 11 is 0. The fraction of sp³-hybridized carbons (Fsp3) is 0.333. The second-order valence-electron chi connectivity index (χ2n) is 10.00. The Kier molecular flexibility index (Phi) is 5.76. The fourth-order valence-corrected chi connectivity index (χ4v) is 6.21. The Morgan fingerprint density at radius 2 is 1.53 bits per heavy atom. The lowest BCUT2D eigenvalue weighted by molar-refractivity contribution is -0.169. The highest BCUT2D eigenvalue weighted by Gasteiger charge is 2.46. The summed E-state index contributed by atoms with van der Waals surface area (Å²) in [4.78, 5) is 32.5. The van der Waals surface area contributed by atoms with Crippen molar-refractivity contribution in [1.29, 1.82) is 0 Å². The standard InChI is InChI=1S/C30H31N3O3/c1-20-30(35)32(17-21-11-13-22(36-2)14-12-21)19-28-31(16-15-29(34)33(20)28)18-27-25-9-5-3-7-23(25)24-8-4-6-10-26(24)27/h3-14,20,27-28H,15-19H2,1-2H3. The minimum atomic E-state index is -0.472. The predicted octanol–water partition coefficient (Wildman–Crippen LogP) is 4.10. The lowest BCUT2D eigenvalue weighted by Gasteiger charge is -2.52. The molecule has 1 aliphatic carbocycles. The molecule has 2 heterocycles. The van der Waals surface area contributed by atoms with Gasteiger partial charge in [-0.2, -0.15) is 0 Å². The molecule has 3 aromatic rings.